The van der Waals surface area contributed by atoms with Crippen LogP contribution in [0.25, 0.3) is 0 Å². The molecule has 2 rings (SSSR count). The Hall–Kier alpha value is -0.760. The largest absolute Gasteiger partial charge is 0.466 e. The zero-order chi connectivity index (χ0) is 13.1. The first kappa shape index (κ1) is 13.7. The lowest BCUT2D eigenvalue weighted by Gasteiger charge is -2.34. The summed E-state index contributed by atoms with van der Waals surface area (Å²) in [6, 6.07) is 3.27. The Kier molecular flexibility index (Phi) is 4.50. The molecule has 0 radical (unpaired) electrons. The summed E-state index contributed by atoms with van der Waals surface area (Å²) in [6.07, 6.45) is 6.82. The highest BCUT2D eigenvalue weighted by atomic mass is 16.3. The van der Waals surface area contributed by atoms with Gasteiger partial charge >= 0.3 is 0 Å². The van der Waals surface area contributed by atoms with Gasteiger partial charge in [-0.3, -0.25) is 0 Å². The van der Waals surface area contributed by atoms with Crippen LogP contribution < -0.4 is 5.32 Å². The molecule has 2 heteroatoms. The second-order valence-corrected chi connectivity index (χ2v) is 5.82. The van der Waals surface area contributed by atoms with Gasteiger partial charge in [-0.25, -0.2) is 0 Å². The van der Waals surface area contributed by atoms with Gasteiger partial charge in [0.2, 0.25) is 0 Å². The van der Waals surface area contributed by atoms with Crippen LogP contribution >= 0.6 is 0 Å². The molecule has 1 aliphatic rings. The van der Waals surface area contributed by atoms with Gasteiger partial charge in [0.25, 0.3) is 0 Å². The summed E-state index contributed by atoms with van der Waals surface area (Å²) in [6.45, 7) is 8.68. The standard InChI is InChI=1S/C16H27NO/c1-5-14-8-6-7-9-16(14)17-12(3)15-10-11(2)18-13(15)4/h10,12,14,16-17H,5-9H2,1-4H3. The van der Waals surface area contributed by atoms with Gasteiger partial charge in [-0.1, -0.05) is 26.2 Å². The monoisotopic (exact) mass is 249 g/mol. The second kappa shape index (κ2) is 5.92. The predicted octanol–water partition coefficient (Wildman–Crippen LogP) is 4.52. The molecule has 1 aromatic rings. The third-order valence-corrected chi connectivity index (χ3v) is 4.44. The second-order valence-electron chi connectivity index (χ2n) is 5.82. The molecule has 0 aliphatic heterocycles. The molecule has 0 aromatic carbocycles. The zero-order valence-electron chi connectivity index (χ0n) is 12.3. The lowest BCUT2D eigenvalue weighted by Crippen LogP contribution is -2.39. The first-order valence-electron chi connectivity index (χ1n) is 7.44. The molecule has 1 aliphatic carbocycles. The van der Waals surface area contributed by atoms with E-state index in [4.69, 9.17) is 4.42 Å². The molecular formula is C16H27NO. The molecule has 1 heterocycles. The molecule has 1 saturated carbocycles. The average molecular weight is 249 g/mol. The van der Waals surface area contributed by atoms with E-state index >= 15 is 0 Å². The Morgan fingerprint density at radius 3 is 2.67 bits per heavy atom. The number of nitrogens with one attached hydrogen (secondary N) is 1. The van der Waals surface area contributed by atoms with Crippen molar-refractivity contribution >= 4 is 0 Å². The van der Waals surface area contributed by atoms with E-state index in [1.807, 2.05) is 6.92 Å². The highest BCUT2D eigenvalue weighted by Crippen LogP contribution is 2.30. The van der Waals surface area contributed by atoms with Crippen molar-refractivity contribution in [2.75, 3.05) is 0 Å². The van der Waals surface area contributed by atoms with Crippen LogP contribution in [0, 0.1) is 19.8 Å². The smallest absolute Gasteiger partial charge is 0.105 e. The fourth-order valence-corrected chi connectivity index (χ4v) is 3.41. The molecular weight excluding hydrogens is 222 g/mol. The van der Waals surface area contributed by atoms with E-state index < -0.39 is 0 Å². The van der Waals surface area contributed by atoms with Crippen molar-refractivity contribution in [2.45, 2.75) is 71.9 Å². The van der Waals surface area contributed by atoms with E-state index in [2.05, 4.69) is 32.2 Å². The molecule has 3 unspecified atom stereocenters. The van der Waals surface area contributed by atoms with Crippen molar-refractivity contribution in [3.8, 4) is 0 Å². The van der Waals surface area contributed by atoms with Crippen molar-refractivity contribution in [3.63, 3.8) is 0 Å². The zero-order valence-corrected chi connectivity index (χ0v) is 12.3. The first-order chi connectivity index (χ1) is 8.61. The van der Waals surface area contributed by atoms with Crippen molar-refractivity contribution in [1.82, 2.24) is 5.32 Å². The van der Waals surface area contributed by atoms with Gasteiger partial charge in [0.05, 0.1) is 0 Å². The number of aryl methyl sites for hydroxylation is 2. The predicted molar refractivity (Wildman–Crippen MR) is 75.8 cm³/mol. The minimum absolute atomic E-state index is 0.402. The van der Waals surface area contributed by atoms with Crippen LogP contribution in [0.5, 0.6) is 0 Å². The van der Waals surface area contributed by atoms with E-state index in [0.717, 1.165) is 17.4 Å². The quantitative estimate of drug-likeness (QED) is 0.849. The summed E-state index contributed by atoms with van der Waals surface area (Å²) in [5, 5.41) is 3.83. The summed E-state index contributed by atoms with van der Waals surface area (Å²) in [4.78, 5) is 0. The SMILES string of the molecule is CCC1CCCCC1NC(C)c1cc(C)oc1C. The summed E-state index contributed by atoms with van der Waals surface area (Å²) in [7, 11) is 0. The molecule has 0 spiro atoms. The van der Waals surface area contributed by atoms with E-state index in [1.165, 1.54) is 37.7 Å². The molecule has 18 heavy (non-hydrogen) atoms. The Balaban J connectivity index is 2.01. The van der Waals surface area contributed by atoms with Crippen LogP contribution in [0.3, 0.4) is 0 Å². The van der Waals surface area contributed by atoms with Crippen LogP contribution in [0.15, 0.2) is 10.5 Å². The van der Waals surface area contributed by atoms with Crippen LogP contribution in [-0.2, 0) is 0 Å². The van der Waals surface area contributed by atoms with Crippen molar-refractivity contribution in [3.05, 3.63) is 23.2 Å². The van der Waals surface area contributed by atoms with E-state index in [0.29, 0.717) is 12.1 Å². The van der Waals surface area contributed by atoms with Crippen LogP contribution in [0.4, 0.5) is 0 Å². The minimum atomic E-state index is 0.402. The Morgan fingerprint density at radius 2 is 2.06 bits per heavy atom. The van der Waals surface area contributed by atoms with Gasteiger partial charge in [0, 0.05) is 17.6 Å². The number of hydrogen-bond donors (Lipinski definition) is 1. The van der Waals surface area contributed by atoms with E-state index in [1.54, 1.807) is 0 Å². The first-order valence-corrected chi connectivity index (χ1v) is 7.44. The molecule has 2 nitrogen and oxygen atoms in total. The lowest BCUT2D eigenvalue weighted by molar-refractivity contribution is 0.240. The number of hydrogen-bond acceptors (Lipinski definition) is 2. The molecule has 3 atom stereocenters. The van der Waals surface area contributed by atoms with Crippen LogP contribution in [-0.4, -0.2) is 6.04 Å². The third-order valence-electron chi connectivity index (χ3n) is 4.44. The fraction of sp³-hybridized carbons (Fsp3) is 0.750. The minimum Gasteiger partial charge on any atom is -0.466 e. The van der Waals surface area contributed by atoms with Crippen LogP contribution in [0.2, 0.25) is 0 Å². The number of furan rings is 1. The maximum Gasteiger partial charge on any atom is 0.105 e. The highest BCUT2D eigenvalue weighted by Gasteiger charge is 2.25. The Labute approximate surface area is 111 Å². The maximum atomic E-state index is 5.64. The molecule has 1 aromatic heterocycles. The summed E-state index contributed by atoms with van der Waals surface area (Å²) < 4.78 is 5.64. The molecule has 0 bridgehead atoms. The Bertz CT molecular complexity index is 382. The molecule has 102 valence electrons. The lowest BCUT2D eigenvalue weighted by atomic mass is 9.82. The third kappa shape index (κ3) is 2.97. The molecule has 1 N–H and O–H groups in total. The normalized spacial score (nSPS) is 26.2. The summed E-state index contributed by atoms with van der Waals surface area (Å²) >= 11 is 0. The summed E-state index contributed by atoms with van der Waals surface area (Å²) in [5.41, 5.74) is 1.33. The number of rotatable bonds is 4. The molecule has 1 fully saturated rings. The van der Waals surface area contributed by atoms with Crippen molar-refractivity contribution < 1.29 is 4.42 Å². The van der Waals surface area contributed by atoms with E-state index in [9.17, 15) is 0 Å². The highest BCUT2D eigenvalue weighted by molar-refractivity contribution is 5.23. The summed E-state index contributed by atoms with van der Waals surface area (Å²) in [5.74, 6) is 2.94. The fourth-order valence-electron chi connectivity index (χ4n) is 3.41. The molecule has 0 amide bonds. The van der Waals surface area contributed by atoms with Gasteiger partial charge in [0.15, 0.2) is 0 Å². The maximum absolute atomic E-state index is 5.64. The van der Waals surface area contributed by atoms with Crippen LogP contribution in [0.1, 0.15) is 69.1 Å². The van der Waals surface area contributed by atoms with E-state index in [-0.39, 0.29) is 0 Å². The van der Waals surface area contributed by atoms with Gasteiger partial charge in [-0.2, -0.15) is 0 Å². The average Bonchev–Trinajstić information content (AvgIpc) is 2.69. The molecule has 0 saturated heterocycles. The van der Waals surface area contributed by atoms with Gasteiger partial charge in [-0.05, 0) is 45.6 Å². The van der Waals surface area contributed by atoms with Crippen molar-refractivity contribution in [2.24, 2.45) is 5.92 Å². The van der Waals surface area contributed by atoms with Gasteiger partial charge in [0.1, 0.15) is 11.5 Å². The topological polar surface area (TPSA) is 25.2 Å². The Morgan fingerprint density at radius 1 is 1.33 bits per heavy atom. The van der Waals surface area contributed by atoms with Crippen molar-refractivity contribution in [1.29, 1.82) is 0 Å². The van der Waals surface area contributed by atoms with Gasteiger partial charge in [-0.15, -0.1) is 0 Å². The van der Waals surface area contributed by atoms with Gasteiger partial charge < -0.3 is 9.73 Å².